The third-order valence-electron chi connectivity index (χ3n) is 3.26. The molecule has 0 spiro atoms. The summed E-state index contributed by atoms with van der Waals surface area (Å²) in [6.07, 6.45) is 3.42. The van der Waals surface area contributed by atoms with Crippen molar-refractivity contribution in [2.24, 2.45) is 0 Å². The lowest BCUT2D eigenvalue weighted by Gasteiger charge is -2.27. The van der Waals surface area contributed by atoms with Gasteiger partial charge in [-0.25, -0.2) is 0 Å². The average molecular weight is 284 g/mol. The molecule has 1 aromatic carbocycles. The minimum absolute atomic E-state index is 0.271. The zero-order valence-corrected chi connectivity index (χ0v) is 13.0. The Labute approximate surface area is 122 Å². The van der Waals surface area contributed by atoms with Crippen molar-refractivity contribution in [3.05, 3.63) is 34.9 Å². The molecule has 0 heterocycles. The summed E-state index contributed by atoms with van der Waals surface area (Å²) >= 11 is 5.93. The molecule has 0 fully saturated rings. The molecule has 0 aliphatic rings. The van der Waals surface area contributed by atoms with Crippen molar-refractivity contribution in [1.29, 1.82) is 0 Å². The molecule has 19 heavy (non-hydrogen) atoms. The molecule has 2 atom stereocenters. The van der Waals surface area contributed by atoms with Crippen LogP contribution in [0, 0.1) is 0 Å². The second-order valence-corrected chi connectivity index (χ2v) is 5.23. The molecule has 0 aliphatic heterocycles. The predicted molar refractivity (Wildman–Crippen MR) is 82.9 cm³/mol. The van der Waals surface area contributed by atoms with E-state index in [4.69, 9.17) is 16.3 Å². The molecule has 0 saturated carbocycles. The smallest absolute Gasteiger partial charge is 0.0728 e. The quantitative estimate of drug-likeness (QED) is 0.738. The van der Waals surface area contributed by atoms with Gasteiger partial charge in [0.1, 0.15) is 0 Å². The lowest BCUT2D eigenvalue weighted by Crippen LogP contribution is -2.43. The van der Waals surface area contributed by atoms with Gasteiger partial charge in [-0.05, 0) is 50.4 Å². The Kier molecular flexibility index (Phi) is 8.11. The van der Waals surface area contributed by atoms with E-state index >= 15 is 0 Å². The van der Waals surface area contributed by atoms with Gasteiger partial charge in [0.05, 0.1) is 6.10 Å². The van der Waals surface area contributed by atoms with Crippen LogP contribution in [0.1, 0.15) is 39.2 Å². The zero-order chi connectivity index (χ0) is 14.1. The highest BCUT2D eigenvalue weighted by atomic mass is 35.5. The molecule has 3 heteroatoms. The van der Waals surface area contributed by atoms with Crippen LogP contribution in [0.3, 0.4) is 0 Å². The first kappa shape index (κ1) is 16.5. The largest absolute Gasteiger partial charge is 0.377 e. The van der Waals surface area contributed by atoms with Gasteiger partial charge in [0.25, 0.3) is 0 Å². The molecule has 0 aromatic heterocycles. The van der Waals surface area contributed by atoms with Crippen molar-refractivity contribution in [2.75, 3.05) is 13.2 Å². The van der Waals surface area contributed by atoms with Crippen LogP contribution in [-0.2, 0) is 11.2 Å². The van der Waals surface area contributed by atoms with Crippen molar-refractivity contribution < 1.29 is 4.74 Å². The van der Waals surface area contributed by atoms with Crippen LogP contribution >= 0.6 is 11.6 Å². The Balaban J connectivity index is 2.69. The van der Waals surface area contributed by atoms with E-state index in [1.807, 2.05) is 12.1 Å². The van der Waals surface area contributed by atoms with E-state index in [1.54, 1.807) is 0 Å². The lowest BCUT2D eigenvalue weighted by molar-refractivity contribution is 0.0320. The Bertz CT molecular complexity index is 339. The number of benzene rings is 1. The van der Waals surface area contributed by atoms with Crippen molar-refractivity contribution in [1.82, 2.24) is 5.32 Å². The monoisotopic (exact) mass is 283 g/mol. The van der Waals surface area contributed by atoms with E-state index in [9.17, 15) is 0 Å². The van der Waals surface area contributed by atoms with E-state index in [1.165, 1.54) is 5.56 Å². The predicted octanol–water partition coefficient (Wildman–Crippen LogP) is 4.07. The minimum atomic E-state index is 0.271. The highest BCUT2D eigenvalue weighted by molar-refractivity contribution is 6.30. The highest BCUT2D eigenvalue weighted by Gasteiger charge is 2.19. The van der Waals surface area contributed by atoms with Crippen molar-refractivity contribution in [2.45, 2.75) is 52.2 Å². The summed E-state index contributed by atoms with van der Waals surface area (Å²) in [5, 5.41) is 4.40. The molecule has 2 nitrogen and oxygen atoms in total. The van der Waals surface area contributed by atoms with E-state index in [0.29, 0.717) is 6.04 Å². The molecule has 0 bridgehead atoms. The average Bonchev–Trinajstić information content (AvgIpc) is 2.43. The van der Waals surface area contributed by atoms with Gasteiger partial charge in [0, 0.05) is 17.7 Å². The van der Waals surface area contributed by atoms with E-state index < -0.39 is 0 Å². The first-order valence-corrected chi connectivity index (χ1v) is 7.68. The summed E-state index contributed by atoms with van der Waals surface area (Å²) in [7, 11) is 0. The van der Waals surface area contributed by atoms with Gasteiger partial charge in [0.2, 0.25) is 0 Å². The molecule has 0 amide bonds. The maximum atomic E-state index is 5.93. The number of hydrogen-bond donors (Lipinski definition) is 1. The Hall–Kier alpha value is -0.570. The molecule has 108 valence electrons. The Morgan fingerprint density at radius 2 is 1.84 bits per heavy atom. The van der Waals surface area contributed by atoms with E-state index in [-0.39, 0.29) is 6.10 Å². The topological polar surface area (TPSA) is 21.3 Å². The summed E-state index contributed by atoms with van der Waals surface area (Å²) in [5.74, 6) is 0. The second-order valence-electron chi connectivity index (χ2n) is 4.79. The van der Waals surface area contributed by atoms with Crippen molar-refractivity contribution >= 4 is 11.6 Å². The van der Waals surface area contributed by atoms with Gasteiger partial charge in [-0.15, -0.1) is 0 Å². The summed E-state index contributed by atoms with van der Waals surface area (Å²) < 4.78 is 5.86. The van der Waals surface area contributed by atoms with Crippen molar-refractivity contribution in [3.8, 4) is 0 Å². The standard InChI is InChI=1S/C16H26ClNO/c1-4-11-18-15(16(5-2)19-6-3)12-13-7-9-14(17)10-8-13/h7-10,15-16,18H,4-6,11-12H2,1-3H3. The van der Waals surface area contributed by atoms with Gasteiger partial charge in [-0.2, -0.15) is 0 Å². The minimum Gasteiger partial charge on any atom is -0.377 e. The van der Waals surface area contributed by atoms with Gasteiger partial charge >= 0.3 is 0 Å². The third kappa shape index (κ3) is 5.94. The second kappa shape index (κ2) is 9.35. The van der Waals surface area contributed by atoms with Crippen LogP contribution in [0.15, 0.2) is 24.3 Å². The van der Waals surface area contributed by atoms with Crippen LogP contribution in [0.4, 0.5) is 0 Å². The van der Waals surface area contributed by atoms with Crippen LogP contribution < -0.4 is 5.32 Å². The van der Waals surface area contributed by atoms with Crippen LogP contribution in [0.25, 0.3) is 0 Å². The maximum absolute atomic E-state index is 5.93. The fourth-order valence-corrected chi connectivity index (χ4v) is 2.40. The van der Waals surface area contributed by atoms with Gasteiger partial charge in [-0.3, -0.25) is 0 Å². The molecular formula is C16H26ClNO. The van der Waals surface area contributed by atoms with Gasteiger partial charge in [-0.1, -0.05) is 37.6 Å². The molecule has 1 N–H and O–H groups in total. The number of ether oxygens (including phenoxy) is 1. The third-order valence-corrected chi connectivity index (χ3v) is 3.51. The first-order valence-electron chi connectivity index (χ1n) is 7.30. The highest BCUT2D eigenvalue weighted by Crippen LogP contribution is 2.14. The molecule has 0 aliphatic carbocycles. The summed E-state index contributed by atoms with van der Waals surface area (Å²) in [6.45, 7) is 8.23. The lowest BCUT2D eigenvalue weighted by atomic mass is 9.99. The molecular weight excluding hydrogens is 258 g/mol. The molecule has 0 saturated heterocycles. The Morgan fingerprint density at radius 3 is 2.37 bits per heavy atom. The number of halogens is 1. The van der Waals surface area contributed by atoms with Crippen LogP contribution in [0.5, 0.6) is 0 Å². The molecule has 1 aromatic rings. The van der Waals surface area contributed by atoms with Crippen molar-refractivity contribution in [3.63, 3.8) is 0 Å². The number of nitrogens with one attached hydrogen (secondary N) is 1. The summed E-state index contributed by atoms with van der Waals surface area (Å²) in [5.41, 5.74) is 1.30. The molecule has 0 radical (unpaired) electrons. The van der Waals surface area contributed by atoms with Crippen LogP contribution in [-0.4, -0.2) is 25.3 Å². The number of rotatable bonds is 9. The van der Waals surface area contributed by atoms with Gasteiger partial charge in [0.15, 0.2) is 0 Å². The summed E-state index contributed by atoms with van der Waals surface area (Å²) in [6, 6.07) is 8.47. The maximum Gasteiger partial charge on any atom is 0.0728 e. The normalized spacial score (nSPS) is 14.3. The van der Waals surface area contributed by atoms with Gasteiger partial charge < -0.3 is 10.1 Å². The molecule has 2 unspecified atom stereocenters. The number of hydrogen-bond acceptors (Lipinski definition) is 2. The fraction of sp³-hybridized carbons (Fsp3) is 0.625. The summed E-state index contributed by atoms with van der Waals surface area (Å²) in [4.78, 5) is 0. The fourth-order valence-electron chi connectivity index (χ4n) is 2.27. The Morgan fingerprint density at radius 1 is 1.16 bits per heavy atom. The first-order chi connectivity index (χ1) is 9.21. The zero-order valence-electron chi connectivity index (χ0n) is 12.3. The van der Waals surface area contributed by atoms with E-state index in [2.05, 4.69) is 38.2 Å². The SMILES string of the molecule is CCCNC(Cc1ccc(Cl)cc1)C(CC)OCC. The van der Waals surface area contributed by atoms with Crippen LogP contribution in [0.2, 0.25) is 5.02 Å². The van der Waals surface area contributed by atoms with E-state index in [0.717, 1.165) is 37.4 Å². The molecule has 1 rings (SSSR count).